The normalized spacial score (nSPS) is 14.1. The molecule has 0 spiro atoms. The number of fused-ring (bicyclic) bond motifs is 2. The van der Waals surface area contributed by atoms with Crippen molar-refractivity contribution in [1.29, 1.82) is 0 Å². The number of nitrogens with zero attached hydrogens (tertiary/aromatic N) is 4. The van der Waals surface area contributed by atoms with Crippen LogP contribution in [0.3, 0.4) is 0 Å². The van der Waals surface area contributed by atoms with Gasteiger partial charge in [0.25, 0.3) is 5.56 Å². The molecule has 1 aromatic carbocycles. The zero-order valence-electron chi connectivity index (χ0n) is 15.3. The van der Waals surface area contributed by atoms with Crippen molar-refractivity contribution in [3.05, 3.63) is 45.0 Å². The number of aryl methyl sites for hydroxylation is 1. The molecule has 1 amide bonds. The molecule has 0 fully saturated rings. The molecular weight excluding hydrogens is 430 g/mol. The van der Waals surface area contributed by atoms with Gasteiger partial charge in [0.2, 0.25) is 5.91 Å². The number of halogens is 1. The van der Waals surface area contributed by atoms with E-state index in [4.69, 9.17) is 9.47 Å². The van der Waals surface area contributed by atoms with Crippen molar-refractivity contribution in [2.24, 2.45) is 7.05 Å². The highest BCUT2D eigenvalue weighted by Crippen LogP contribution is 2.32. The molecule has 146 valence electrons. The Kier molecular flexibility index (Phi) is 4.80. The summed E-state index contributed by atoms with van der Waals surface area (Å²) in [7, 11) is 1.70. The van der Waals surface area contributed by atoms with Crippen molar-refractivity contribution in [1.82, 2.24) is 24.6 Å². The highest BCUT2D eigenvalue weighted by atomic mass is 79.9. The Balaban J connectivity index is 1.50. The van der Waals surface area contributed by atoms with Crippen LogP contribution in [0, 0.1) is 0 Å². The Hall–Kier alpha value is -2.88. The van der Waals surface area contributed by atoms with Gasteiger partial charge in [-0.25, -0.2) is 9.67 Å². The maximum atomic E-state index is 12.6. The molecule has 0 saturated heterocycles. The van der Waals surface area contributed by atoms with Gasteiger partial charge in [-0.2, -0.15) is 5.10 Å². The fourth-order valence-corrected chi connectivity index (χ4v) is 3.69. The van der Waals surface area contributed by atoms with Gasteiger partial charge in [-0.1, -0.05) is 6.07 Å². The summed E-state index contributed by atoms with van der Waals surface area (Å²) in [5, 5.41) is 7.37. The van der Waals surface area contributed by atoms with Gasteiger partial charge >= 0.3 is 0 Å². The second-order valence-corrected chi connectivity index (χ2v) is 7.23. The van der Waals surface area contributed by atoms with Crippen molar-refractivity contribution >= 4 is 32.9 Å². The first-order valence-corrected chi connectivity index (χ1v) is 9.50. The molecule has 0 aliphatic carbocycles. The Bertz CT molecular complexity index is 1120. The van der Waals surface area contributed by atoms with Crippen LogP contribution in [0.4, 0.5) is 0 Å². The van der Waals surface area contributed by atoms with Crippen molar-refractivity contribution in [3.8, 4) is 11.5 Å². The molecule has 10 heteroatoms. The number of aromatic nitrogens is 4. The largest absolute Gasteiger partial charge is 0.486 e. The van der Waals surface area contributed by atoms with Gasteiger partial charge < -0.3 is 14.8 Å². The maximum absolute atomic E-state index is 12.6. The predicted molar refractivity (Wildman–Crippen MR) is 104 cm³/mol. The second-order valence-electron chi connectivity index (χ2n) is 6.48. The van der Waals surface area contributed by atoms with Gasteiger partial charge in [0.05, 0.1) is 6.04 Å². The molecule has 1 aliphatic rings. The lowest BCUT2D eigenvalue weighted by atomic mass is 10.1. The van der Waals surface area contributed by atoms with Gasteiger partial charge in [0.1, 0.15) is 36.1 Å². The van der Waals surface area contributed by atoms with Gasteiger partial charge in [-0.05, 0) is 40.5 Å². The number of nitrogens with one attached hydrogen (secondary N) is 1. The summed E-state index contributed by atoms with van der Waals surface area (Å²) in [5.74, 6) is 1.06. The van der Waals surface area contributed by atoms with Crippen LogP contribution in [0.2, 0.25) is 0 Å². The number of amides is 1. The summed E-state index contributed by atoms with van der Waals surface area (Å²) in [6, 6.07) is 5.30. The molecule has 0 bridgehead atoms. The smallest absolute Gasteiger partial charge is 0.266 e. The SMILES string of the molecule is CC(NC(=O)Cn1cnc2c(c(Br)nn2C)c1=O)c1ccc2c(c1)OCCO2. The molecule has 1 aliphatic heterocycles. The predicted octanol–water partition coefficient (Wildman–Crippen LogP) is 1.54. The Morgan fingerprint density at radius 3 is 2.86 bits per heavy atom. The van der Waals surface area contributed by atoms with E-state index in [0.717, 1.165) is 5.56 Å². The average Bonchev–Trinajstić information content (AvgIpc) is 2.97. The summed E-state index contributed by atoms with van der Waals surface area (Å²) in [6.45, 7) is 2.75. The fraction of sp³-hybridized carbons (Fsp3) is 0.333. The third kappa shape index (κ3) is 3.35. The van der Waals surface area contributed by atoms with Gasteiger partial charge in [0.15, 0.2) is 17.1 Å². The standard InChI is InChI=1S/C18H18BrN5O4/c1-10(11-3-4-12-13(7-11)28-6-5-27-12)21-14(25)8-24-9-20-17-15(18(24)26)16(19)22-23(17)2/h3-4,7,9-10H,5-6,8H2,1-2H3,(H,21,25). The minimum Gasteiger partial charge on any atom is -0.486 e. The number of carbonyl (C=O) groups excluding carboxylic acids is 1. The van der Waals surface area contributed by atoms with Gasteiger partial charge in [-0.15, -0.1) is 0 Å². The topological polar surface area (TPSA) is 100 Å². The van der Waals surface area contributed by atoms with Crippen LogP contribution in [0.5, 0.6) is 11.5 Å². The van der Waals surface area contributed by atoms with E-state index in [-0.39, 0.29) is 24.1 Å². The molecule has 3 aromatic rings. The van der Waals surface area contributed by atoms with Crippen LogP contribution < -0.4 is 20.3 Å². The van der Waals surface area contributed by atoms with Crippen LogP contribution in [0.15, 0.2) is 33.9 Å². The molecule has 4 rings (SSSR count). The third-order valence-electron chi connectivity index (χ3n) is 4.53. The lowest BCUT2D eigenvalue weighted by Gasteiger charge is -2.21. The van der Waals surface area contributed by atoms with E-state index < -0.39 is 0 Å². The van der Waals surface area contributed by atoms with E-state index >= 15 is 0 Å². The van der Waals surface area contributed by atoms with Crippen LogP contribution in [0.1, 0.15) is 18.5 Å². The second kappa shape index (κ2) is 7.27. The number of hydrogen-bond acceptors (Lipinski definition) is 6. The Morgan fingerprint density at radius 2 is 2.07 bits per heavy atom. The Morgan fingerprint density at radius 1 is 1.32 bits per heavy atom. The first-order valence-electron chi connectivity index (χ1n) is 8.70. The molecule has 28 heavy (non-hydrogen) atoms. The lowest BCUT2D eigenvalue weighted by Crippen LogP contribution is -2.34. The highest BCUT2D eigenvalue weighted by Gasteiger charge is 2.18. The van der Waals surface area contributed by atoms with Crippen LogP contribution >= 0.6 is 15.9 Å². The molecule has 9 nitrogen and oxygen atoms in total. The maximum Gasteiger partial charge on any atom is 0.266 e. The molecule has 0 radical (unpaired) electrons. The monoisotopic (exact) mass is 447 g/mol. The first-order chi connectivity index (χ1) is 13.4. The summed E-state index contributed by atoms with van der Waals surface area (Å²) in [5.41, 5.74) is 1.01. The summed E-state index contributed by atoms with van der Waals surface area (Å²) in [6.07, 6.45) is 1.35. The van der Waals surface area contributed by atoms with E-state index in [0.29, 0.717) is 40.3 Å². The zero-order valence-corrected chi connectivity index (χ0v) is 16.9. The summed E-state index contributed by atoms with van der Waals surface area (Å²) in [4.78, 5) is 29.3. The molecule has 1 unspecified atom stereocenters. The minimum absolute atomic E-state index is 0.141. The number of rotatable bonds is 4. The lowest BCUT2D eigenvalue weighted by molar-refractivity contribution is -0.122. The van der Waals surface area contributed by atoms with Gasteiger partial charge in [0, 0.05) is 7.05 Å². The minimum atomic E-state index is -0.327. The van der Waals surface area contributed by atoms with E-state index in [9.17, 15) is 9.59 Å². The third-order valence-corrected chi connectivity index (χ3v) is 5.08. The average molecular weight is 448 g/mol. The van der Waals surface area contributed by atoms with Crippen molar-refractivity contribution in [2.45, 2.75) is 19.5 Å². The Labute approximate surface area is 168 Å². The van der Waals surface area contributed by atoms with Crippen molar-refractivity contribution < 1.29 is 14.3 Å². The fourth-order valence-electron chi connectivity index (χ4n) is 3.10. The van der Waals surface area contributed by atoms with Crippen molar-refractivity contribution in [2.75, 3.05) is 13.2 Å². The number of benzene rings is 1. The van der Waals surface area contributed by atoms with Crippen LogP contribution in [-0.2, 0) is 18.4 Å². The molecule has 1 N–H and O–H groups in total. The number of ether oxygens (including phenoxy) is 2. The summed E-state index contributed by atoms with van der Waals surface area (Å²) >= 11 is 3.26. The molecule has 3 heterocycles. The van der Waals surface area contributed by atoms with Crippen LogP contribution in [-0.4, -0.2) is 38.5 Å². The number of carbonyl (C=O) groups is 1. The zero-order chi connectivity index (χ0) is 19.8. The van der Waals surface area contributed by atoms with E-state index in [1.54, 1.807) is 7.05 Å². The van der Waals surface area contributed by atoms with E-state index in [1.165, 1.54) is 15.6 Å². The molecule has 1 atom stereocenters. The summed E-state index contributed by atoms with van der Waals surface area (Å²) < 4.78 is 14.3. The first kappa shape index (κ1) is 18.5. The van der Waals surface area contributed by atoms with Crippen LogP contribution in [0.25, 0.3) is 11.0 Å². The molecule has 2 aromatic heterocycles. The van der Waals surface area contributed by atoms with Crippen molar-refractivity contribution in [3.63, 3.8) is 0 Å². The molecule has 0 saturated carbocycles. The van der Waals surface area contributed by atoms with Gasteiger partial charge in [-0.3, -0.25) is 14.2 Å². The van der Waals surface area contributed by atoms with E-state index in [1.807, 2.05) is 25.1 Å². The molecular formula is C18H18BrN5O4. The quantitative estimate of drug-likeness (QED) is 0.650. The number of hydrogen-bond donors (Lipinski definition) is 1. The van der Waals surface area contributed by atoms with E-state index in [2.05, 4.69) is 31.3 Å². The highest BCUT2D eigenvalue weighted by molar-refractivity contribution is 9.10.